The number of nitrogens with zero attached hydrogens (tertiary/aromatic N) is 9. The molecule has 0 saturated heterocycles. The van der Waals surface area contributed by atoms with Crippen LogP contribution in [0.15, 0.2) is 33.2 Å². The lowest BCUT2D eigenvalue weighted by Crippen LogP contribution is -2.35. The van der Waals surface area contributed by atoms with Gasteiger partial charge in [-0.2, -0.15) is 0 Å². The first-order valence-corrected chi connectivity index (χ1v) is 9.79. The normalized spacial score (nSPS) is 10.0. The molecule has 9 nitrogen and oxygen atoms in total. The van der Waals surface area contributed by atoms with Crippen LogP contribution in [-0.2, 0) is 0 Å². The third-order valence-electron chi connectivity index (χ3n) is 4.03. The minimum Gasteiger partial charge on any atom is -0.349 e. The van der Waals surface area contributed by atoms with E-state index in [-0.39, 0.29) is 0 Å². The van der Waals surface area contributed by atoms with Crippen molar-refractivity contribution in [1.29, 1.82) is 0 Å². The van der Waals surface area contributed by atoms with Crippen molar-refractivity contribution in [3.63, 3.8) is 0 Å². The van der Waals surface area contributed by atoms with E-state index in [0.717, 1.165) is 34.9 Å². The van der Waals surface area contributed by atoms with Crippen molar-refractivity contribution in [1.82, 2.24) is 29.4 Å². The lowest BCUT2D eigenvalue weighted by Gasteiger charge is -2.24. The van der Waals surface area contributed by atoms with Gasteiger partial charge in [-0.25, -0.2) is 15.0 Å². The summed E-state index contributed by atoms with van der Waals surface area (Å²) < 4.78 is 0. The van der Waals surface area contributed by atoms with E-state index in [9.17, 15) is 0 Å². The van der Waals surface area contributed by atoms with E-state index >= 15 is 0 Å². The number of hydrogen-bond donors (Lipinski definition) is 0. The third kappa shape index (κ3) is 6.82. The van der Waals surface area contributed by atoms with E-state index in [4.69, 9.17) is 15.0 Å². The van der Waals surface area contributed by atoms with E-state index < -0.39 is 0 Å². The van der Waals surface area contributed by atoms with Gasteiger partial charge in [0, 0.05) is 84.6 Å². The Bertz CT molecular complexity index is 758. The van der Waals surface area contributed by atoms with Gasteiger partial charge in [-0.1, -0.05) is 0 Å². The highest BCUT2D eigenvalue weighted by Gasteiger charge is 2.13. The van der Waals surface area contributed by atoms with Crippen molar-refractivity contribution < 1.29 is 0 Å². The van der Waals surface area contributed by atoms with Gasteiger partial charge < -0.3 is 29.4 Å². The zero-order valence-electron chi connectivity index (χ0n) is 20.8. The lowest BCUT2D eigenvalue weighted by molar-refractivity contribution is 0.483. The molecule has 0 amide bonds. The Hall–Kier alpha value is -2.97. The van der Waals surface area contributed by atoms with Crippen LogP contribution in [0.1, 0.15) is 0 Å². The molecule has 0 atom stereocenters. The van der Waals surface area contributed by atoms with Gasteiger partial charge in [0.1, 0.15) is 0 Å². The van der Waals surface area contributed by atoms with Gasteiger partial charge >= 0.3 is 0 Å². The van der Waals surface area contributed by atoms with Crippen molar-refractivity contribution in [2.24, 2.45) is 15.0 Å². The average Bonchev–Trinajstić information content (AvgIpc) is 2.61. The van der Waals surface area contributed by atoms with E-state index in [1.807, 2.05) is 132 Å². The summed E-state index contributed by atoms with van der Waals surface area (Å²) in [5, 5.41) is 0. The Labute approximate surface area is 182 Å². The highest BCUT2D eigenvalue weighted by molar-refractivity contribution is 5.89. The Morgan fingerprint density at radius 2 is 0.800 bits per heavy atom. The molecule has 0 saturated carbocycles. The molecule has 0 spiro atoms. The van der Waals surface area contributed by atoms with Crippen LogP contribution in [0, 0.1) is 0 Å². The first-order valence-electron chi connectivity index (χ1n) is 9.79. The topological polar surface area (TPSA) is 56.5 Å². The monoisotopic (exact) mass is 417 g/mol. The summed E-state index contributed by atoms with van der Waals surface area (Å²) in [6, 6.07) is 5.91. The molecule has 0 aliphatic carbocycles. The minimum atomic E-state index is 0.756. The molecule has 30 heavy (non-hydrogen) atoms. The maximum atomic E-state index is 4.91. The smallest absolute Gasteiger partial charge is 0.200 e. The zero-order valence-corrected chi connectivity index (χ0v) is 20.8. The summed E-state index contributed by atoms with van der Waals surface area (Å²) in [5.74, 6) is 2.51. The van der Waals surface area contributed by atoms with Crippen LogP contribution in [0.25, 0.3) is 0 Å². The maximum Gasteiger partial charge on any atom is 0.200 e. The summed E-state index contributed by atoms with van der Waals surface area (Å²) in [6.07, 6.45) is 0. The lowest BCUT2D eigenvalue weighted by atomic mass is 10.2. The number of guanidine groups is 3. The maximum absolute atomic E-state index is 4.91. The Morgan fingerprint density at radius 3 is 1.17 bits per heavy atom. The Balaban J connectivity index is 3.73. The largest absolute Gasteiger partial charge is 0.349 e. The standard InChI is InChI=1S/C21H39N9/c1-25(2)19(26(3)4)22-16-13-14-17(23-20(27(5)6)28(7)8)18(15-16)24-21(29(9)10)30(11)12/h13-15H,1-12H3. The highest BCUT2D eigenvalue weighted by Crippen LogP contribution is 2.33. The second-order valence-corrected chi connectivity index (χ2v) is 8.27. The van der Waals surface area contributed by atoms with Crippen LogP contribution in [0.2, 0.25) is 0 Å². The predicted molar refractivity (Wildman–Crippen MR) is 130 cm³/mol. The minimum absolute atomic E-state index is 0.756. The van der Waals surface area contributed by atoms with Crippen molar-refractivity contribution >= 4 is 34.9 Å². The van der Waals surface area contributed by atoms with Crippen LogP contribution in [0.5, 0.6) is 0 Å². The third-order valence-corrected chi connectivity index (χ3v) is 4.03. The van der Waals surface area contributed by atoms with Crippen LogP contribution in [-0.4, -0.2) is 132 Å². The number of hydrogen-bond acceptors (Lipinski definition) is 3. The van der Waals surface area contributed by atoms with Gasteiger partial charge in [-0.15, -0.1) is 0 Å². The molecule has 1 aromatic carbocycles. The summed E-state index contributed by atoms with van der Waals surface area (Å²) in [7, 11) is 23.7. The van der Waals surface area contributed by atoms with Crippen molar-refractivity contribution in [3.05, 3.63) is 18.2 Å². The van der Waals surface area contributed by atoms with Crippen molar-refractivity contribution in [2.75, 3.05) is 84.6 Å². The molecule has 168 valence electrons. The molecule has 0 fully saturated rings. The molecule has 0 aromatic heterocycles. The fourth-order valence-electron chi connectivity index (χ4n) is 2.90. The van der Waals surface area contributed by atoms with Gasteiger partial charge in [-0.3, -0.25) is 0 Å². The first kappa shape index (κ1) is 25.1. The second kappa shape index (κ2) is 10.7. The summed E-state index contributed by atoms with van der Waals surface area (Å²) in [6.45, 7) is 0. The Kier molecular flexibility index (Phi) is 8.94. The number of benzene rings is 1. The van der Waals surface area contributed by atoms with Crippen LogP contribution in [0.4, 0.5) is 17.1 Å². The van der Waals surface area contributed by atoms with E-state index in [2.05, 4.69) is 0 Å². The fraction of sp³-hybridized carbons (Fsp3) is 0.571. The first-order chi connectivity index (χ1) is 13.8. The van der Waals surface area contributed by atoms with Gasteiger partial charge in [0.05, 0.1) is 17.1 Å². The van der Waals surface area contributed by atoms with Crippen molar-refractivity contribution in [3.8, 4) is 0 Å². The van der Waals surface area contributed by atoms with Crippen LogP contribution in [0.3, 0.4) is 0 Å². The molecule has 0 bridgehead atoms. The van der Waals surface area contributed by atoms with Gasteiger partial charge in [0.25, 0.3) is 0 Å². The summed E-state index contributed by atoms with van der Waals surface area (Å²) >= 11 is 0. The van der Waals surface area contributed by atoms with E-state index in [1.54, 1.807) is 0 Å². The van der Waals surface area contributed by atoms with E-state index in [1.165, 1.54) is 0 Å². The average molecular weight is 418 g/mol. The van der Waals surface area contributed by atoms with Gasteiger partial charge in [0.2, 0.25) is 17.9 Å². The molecular formula is C21H39N9. The SMILES string of the molecule is CN(C)C(=Nc1ccc(N=C(N(C)C)N(C)C)c(N=C(N(C)C)N(C)C)c1)N(C)C. The fourth-order valence-corrected chi connectivity index (χ4v) is 2.90. The molecule has 0 unspecified atom stereocenters. The highest BCUT2D eigenvalue weighted by atomic mass is 15.4. The van der Waals surface area contributed by atoms with Crippen LogP contribution >= 0.6 is 0 Å². The molecule has 0 heterocycles. The molecular weight excluding hydrogens is 378 g/mol. The second-order valence-electron chi connectivity index (χ2n) is 8.27. The predicted octanol–water partition coefficient (Wildman–Crippen LogP) is 2.02. The van der Waals surface area contributed by atoms with E-state index in [0.29, 0.717) is 0 Å². The summed E-state index contributed by atoms with van der Waals surface area (Å²) in [4.78, 5) is 26.5. The number of aliphatic imine (C=N–C) groups is 3. The number of rotatable bonds is 3. The molecule has 0 N–H and O–H groups in total. The molecule has 1 rings (SSSR count). The zero-order chi connectivity index (χ0) is 23.2. The van der Waals surface area contributed by atoms with Gasteiger partial charge in [0.15, 0.2) is 0 Å². The molecule has 1 aromatic rings. The molecule has 0 aliphatic rings. The quantitative estimate of drug-likeness (QED) is 0.554. The van der Waals surface area contributed by atoms with Gasteiger partial charge in [-0.05, 0) is 18.2 Å². The molecule has 0 radical (unpaired) electrons. The Morgan fingerprint density at radius 1 is 0.467 bits per heavy atom. The molecule has 0 aliphatic heterocycles. The molecule has 9 heteroatoms. The summed E-state index contributed by atoms with van der Waals surface area (Å²) in [5.41, 5.74) is 2.36. The van der Waals surface area contributed by atoms with Crippen molar-refractivity contribution in [2.45, 2.75) is 0 Å². The van der Waals surface area contributed by atoms with Crippen LogP contribution < -0.4 is 0 Å².